The molecule has 1 N–H and O–H groups in total. The molecule has 0 fully saturated rings. The van der Waals surface area contributed by atoms with Gasteiger partial charge in [0.1, 0.15) is 12.6 Å². The maximum absolute atomic E-state index is 13.5. The van der Waals surface area contributed by atoms with E-state index >= 15 is 0 Å². The van der Waals surface area contributed by atoms with E-state index in [0.717, 1.165) is 10.6 Å². The standard InChI is InChI=1S/C23H28Cl3N3O4S/c1-15(22(31)27-23(2,3)4)28(13-16-7-6-8-17(24)9-16)21(30)14-29(34(5,32)33)20-11-18(25)10-19(26)12-20/h6-12,15H,13-14H2,1-5H3,(H,27,31). The highest BCUT2D eigenvalue weighted by Crippen LogP contribution is 2.27. The number of amides is 2. The molecule has 2 aromatic rings. The Morgan fingerprint density at radius 2 is 1.59 bits per heavy atom. The summed E-state index contributed by atoms with van der Waals surface area (Å²) in [6.45, 7) is 6.57. The predicted octanol–water partition coefficient (Wildman–Crippen LogP) is 4.74. The molecule has 186 valence electrons. The van der Waals surface area contributed by atoms with Crippen molar-refractivity contribution in [2.24, 2.45) is 0 Å². The molecule has 0 radical (unpaired) electrons. The van der Waals surface area contributed by atoms with Gasteiger partial charge in [0.25, 0.3) is 0 Å². The van der Waals surface area contributed by atoms with E-state index in [-0.39, 0.29) is 28.2 Å². The third kappa shape index (κ3) is 8.34. The Kier molecular flexibility index (Phi) is 9.27. The van der Waals surface area contributed by atoms with Crippen LogP contribution in [0.25, 0.3) is 0 Å². The summed E-state index contributed by atoms with van der Waals surface area (Å²) in [6, 6.07) is 10.2. The highest BCUT2D eigenvalue weighted by Gasteiger charge is 2.31. The van der Waals surface area contributed by atoms with Crippen LogP contribution in [0.5, 0.6) is 0 Å². The number of rotatable bonds is 8. The number of sulfonamides is 1. The van der Waals surface area contributed by atoms with E-state index < -0.39 is 34.1 Å². The molecular weight excluding hydrogens is 521 g/mol. The fraction of sp³-hybridized carbons (Fsp3) is 0.391. The summed E-state index contributed by atoms with van der Waals surface area (Å²) in [5.74, 6) is -0.961. The SMILES string of the molecule is CC(C(=O)NC(C)(C)C)N(Cc1cccc(Cl)c1)C(=O)CN(c1cc(Cl)cc(Cl)c1)S(C)(=O)=O. The number of nitrogens with one attached hydrogen (secondary N) is 1. The van der Waals surface area contributed by atoms with Gasteiger partial charge in [-0.15, -0.1) is 0 Å². The highest BCUT2D eigenvalue weighted by atomic mass is 35.5. The third-order valence-electron chi connectivity index (χ3n) is 4.72. The summed E-state index contributed by atoms with van der Waals surface area (Å²) < 4.78 is 26.1. The van der Waals surface area contributed by atoms with Crippen LogP contribution in [-0.4, -0.2) is 49.5 Å². The lowest BCUT2D eigenvalue weighted by molar-refractivity contribution is -0.140. The lowest BCUT2D eigenvalue weighted by Gasteiger charge is -2.33. The first-order valence-electron chi connectivity index (χ1n) is 10.4. The Hall–Kier alpha value is -2.00. The Morgan fingerprint density at radius 3 is 2.09 bits per heavy atom. The topological polar surface area (TPSA) is 86.8 Å². The van der Waals surface area contributed by atoms with Crippen LogP contribution >= 0.6 is 34.8 Å². The molecule has 0 heterocycles. The fourth-order valence-electron chi connectivity index (χ4n) is 3.19. The van der Waals surface area contributed by atoms with Gasteiger partial charge in [-0.1, -0.05) is 46.9 Å². The summed E-state index contributed by atoms with van der Waals surface area (Å²) in [4.78, 5) is 27.7. The van der Waals surface area contributed by atoms with Gasteiger partial charge in [0.15, 0.2) is 0 Å². The third-order valence-corrected chi connectivity index (χ3v) is 6.53. The molecule has 1 unspecified atom stereocenters. The molecule has 2 rings (SSSR count). The summed E-state index contributed by atoms with van der Waals surface area (Å²) >= 11 is 18.2. The molecule has 2 amide bonds. The van der Waals surface area contributed by atoms with E-state index in [9.17, 15) is 18.0 Å². The van der Waals surface area contributed by atoms with Crippen molar-refractivity contribution in [2.75, 3.05) is 17.1 Å². The molecule has 0 spiro atoms. The van der Waals surface area contributed by atoms with Gasteiger partial charge < -0.3 is 10.2 Å². The molecule has 34 heavy (non-hydrogen) atoms. The second kappa shape index (κ2) is 11.2. The first kappa shape index (κ1) is 28.2. The van der Waals surface area contributed by atoms with Gasteiger partial charge in [-0.2, -0.15) is 0 Å². The van der Waals surface area contributed by atoms with Crippen LogP contribution in [0.4, 0.5) is 5.69 Å². The second-order valence-corrected chi connectivity index (χ2v) is 12.2. The molecular formula is C23H28Cl3N3O4S. The van der Waals surface area contributed by atoms with Crippen LogP contribution in [0, 0.1) is 0 Å². The van der Waals surface area contributed by atoms with Gasteiger partial charge in [0.2, 0.25) is 21.8 Å². The minimum Gasteiger partial charge on any atom is -0.350 e. The average Bonchev–Trinajstić information content (AvgIpc) is 2.66. The van der Waals surface area contributed by atoms with Crippen molar-refractivity contribution in [2.45, 2.75) is 45.8 Å². The number of hydrogen-bond acceptors (Lipinski definition) is 4. The highest BCUT2D eigenvalue weighted by molar-refractivity contribution is 7.92. The molecule has 0 aliphatic carbocycles. The molecule has 0 aliphatic heterocycles. The second-order valence-electron chi connectivity index (χ2n) is 8.96. The van der Waals surface area contributed by atoms with Crippen molar-refractivity contribution >= 4 is 62.3 Å². The average molecular weight is 549 g/mol. The largest absolute Gasteiger partial charge is 0.350 e. The normalized spacial score (nSPS) is 12.7. The maximum atomic E-state index is 13.5. The quantitative estimate of drug-likeness (QED) is 0.516. The Labute approximate surface area is 216 Å². The van der Waals surface area contributed by atoms with Crippen molar-refractivity contribution in [3.05, 3.63) is 63.1 Å². The fourth-order valence-corrected chi connectivity index (χ4v) is 4.75. The summed E-state index contributed by atoms with van der Waals surface area (Å²) in [5, 5.41) is 3.77. The smallest absolute Gasteiger partial charge is 0.244 e. The zero-order valence-corrected chi connectivity index (χ0v) is 22.7. The van der Waals surface area contributed by atoms with E-state index in [1.54, 1.807) is 31.2 Å². The van der Waals surface area contributed by atoms with Crippen LogP contribution in [0.2, 0.25) is 15.1 Å². The minimum atomic E-state index is -3.89. The van der Waals surface area contributed by atoms with E-state index in [2.05, 4.69) is 5.32 Å². The van der Waals surface area contributed by atoms with Gasteiger partial charge in [-0.05, 0) is 63.6 Å². The number of carbonyl (C=O) groups excluding carboxylic acids is 2. The number of carbonyl (C=O) groups is 2. The van der Waals surface area contributed by atoms with Crippen LogP contribution < -0.4 is 9.62 Å². The van der Waals surface area contributed by atoms with E-state index in [1.165, 1.54) is 23.1 Å². The summed E-state index contributed by atoms with van der Waals surface area (Å²) in [7, 11) is -3.89. The molecule has 0 bridgehead atoms. The van der Waals surface area contributed by atoms with Gasteiger partial charge in [-0.25, -0.2) is 8.42 Å². The number of anilines is 1. The van der Waals surface area contributed by atoms with Crippen LogP contribution in [0.1, 0.15) is 33.3 Å². The molecule has 0 saturated carbocycles. The van der Waals surface area contributed by atoms with Crippen LogP contribution in [0.15, 0.2) is 42.5 Å². The van der Waals surface area contributed by atoms with Crippen molar-refractivity contribution < 1.29 is 18.0 Å². The van der Waals surface area contributed by atoms with Gasteiger partial charge >= 0.3 is 0 Å². The minimum absolute atomic E-state index is 0.0476. The first-order valence-corrected chi connectivity index (χ1v) is 13.3. The lowest BCUT2D eigenvalue weighted by atomic mass is 10.1. The molecule has 1 atom stereocenters. The number of hydrogen-bond donors (Lipinski definition) is 1. The maximum Gasteiger partial charge on any atom is 0.244 e. The summed E-state index contributed by atoms with van der Waals surface area (Å²) in [6.07, 6.45) is 0.978. The van der Waals surface area contributed by atoms with Gasteiger partial charge in [-0.3, -0.25) is 13.9 Å². The van der Waals surface area contributed by atoms with E-state index in [4.69, 9.17) is 34.8 Å². The van der Waals surface area contributed by atoms with E-state index in [1.807, 2.05) is 20.8 Å². The van der Waals surface area contributed by atoms with Crippen molar-refractivity contribution in [3.8, 4) is 0 Å². The first-order chi connectivity index (χ1) is 15.6. The van der Waals surface area contributed by atoms with E-state index in [0.29, 0.717) is 10.6 Å². The van der Waals surface area contributed by atoms with Crippen molar-refractivity contribution in [1.29, 1.82) is 0 Å². The Morgan fingerprint density at radius 1 is 1.00 bits per heavy atom. The monoisotopic (exact) mass is 547 g/mol. The van der Waals surface area contributed by atoms with Crippen LogP contribution in [0.3, 0.4) is 0 Å². The summed E-state index contributed by atoms with van der Waals surface area (Å²) in [5.41, 5.74) is 0.308. The molecule has 0 aromatic heterocycles. The van der Waals surface area contributed by atoms with Crippen molar-refractivity contribution in [3.63, 3.8) is 0 Å². The number of nitrogens with zero attached hydrogens (tertiary/aromatic N) is 2. The zero-order valence-electron chi connectivity index (χ0n) is 19.6. The zero-order chi connectivity index (χ0) is 25.8. The van der Waals surface area contributed by atoms with Crippen molar-refractivity contribution in [1.82, 2.24) is 10.2 Å². The predicted molar refractivity (Wildman–Crippen MR) is 138 cm³/mol. The molecule has 0 saturated heterocycles. The van der Waals surface area contributed by atoms with Crippen LogP contribution in [-0.2, 0) is 26.2 Å². The van der Waals surface area contributed by atoms with Gasteiger partial charge in [0, 0.05) is 27.2 Å². The molecule has 11 heteroatoms. The molecule has 2 aromatic carbocycles. The Bertz CT molecular complexity index is 1150. The molecule has 7 nitrogen and oxygen atoms in total. The Balaban J connectivity index is 2.44. The molecule has 0 aliphatic rings. The number of benzene rings is 2. The number of halogens is 3. The lowest BCUT2D eigenvalue weighted by Crippen LogP contribution is -2.54. The van der Waals surface area contributed by atoms with Gasteiger partial charge in [0.05, 0.1) is 11.9 Å².